The Bertz CT molecular complexity index is 386. The number of hydrogen-bond donors (Lipinski definition) is 1. The van der Waals surface area contributed by atoms with Crippen LogP contribution in [0.4, 0.5) is 13.2 Å². The smallest absolute Gasteiger partial charge is 0.471 e. The summed E-state index contributed by atoms with van der Waals surface area (Å²) in [7, 11) is 0. The minimum atomic E-state index is -5.10. The van der Waals surface area contributed by atoms with Crippen LogP contribution in [0.1, 0.15) is 6.42 Å². The molecule has 9 heteroatoms. The molecule has 1 unspecified atom stereocenters. The van der Waals surface area contributed by atoms with E-state index in [1.54, 1.807) is 0 Å². The molecule has 0 aliphatic carbocycles. The van der Waals surface area contributed by atoms with Crippen molar-refractivity contribution in [3.63, 3.8) is 0 Å². The van der Waals surface area contributed by atoms with E-state index in [9.17, 15) is 22.8 Å². The lowest BCUT2D eigenvalue weighted by Gasteiger charge is -2.46. The second-order valence-corrected chi connectivity index (χ2v) is 4.37. The van der Waals surface area contributed by atoms with Crippen LogP contribution in [0.2, 0.25) is 0 Å². The first-order valence-electron chi connectivity index (χ1n) is 5.64. The zero-order valence-corrected chi connectivity index (χ0v) is 9.72. The van der Waals surface area contributed by atoms with Crippen LogP contribution in [0, 0.1) is 0 Å². The number of ether oxygens (including phenoxy) is 2. The lowest BCUT2D eigenvalue weighted by Crippen LogP contribution is -2.65. The summed E-state index contributed by atoms with van der Waals surface area (Å²) in [5, 5.41) is 8.94. The molecule has 2 rings (SSSR count). The first-order valence-corrected chi connectivity index (χ1v) is 5.64. The molecule has 2 saturated heterocycles. The van der Waals surface area contributed by atoms with Crippen molar-refractivity contribution in [3.05, 3.63) is 0 Å². The second-order valence-electron chi connectivity index (χ2n) is 4.37. The van der Waals surface area contributed by atoms with E-state index in [1.807, 2.05) is 0 Å². The molecule has 0 aromatic carbocycles. The number of alkyl halides is 3. The van der Waals surface area contributed by atoms with Gasteiger partial charge >= 0.3 is 18.1 Å². The first kappa shape index (κ1) is 14.1. The number of halogens is 3. The lowest BCUT2D eigenvalue weighted by atomic mass is 9.99. The Labute approximate surface area is 106 Å². The third kappa shape index (κ3) is 2.66. The Morgan fingerprint density at radius 1 is 1.26 bits per heavy atom. The van der Waals surface area contributed by atoms with Crippen LogP contribution in [-0.4, -0.2) is 66.1 Å². The van der Waals surface area contributed by atoms with Gasteiger partial charge < -0.3 is 19.5 Å². The van der Waals surface area contributed by atoms with Gasteiger partial charge in [0.2, 0.25) is 0 Å². The average Bonchev–Trinajstić information content (AvgIpc) is 2.35. The zero-order chi connectivity index (χ0) is 14.2. The van der Waals surface area contributed by atoms with Crippen LogP contribution in [0.3, 0.4) is 0 Å². The van der Waals surface area contributed by atoms with Gasteiger partial charge in [-0.1, -0.05) is 0 Å². The topological polar surface area (TPSA) is 76.1 Å². The Morgan fingerprint density at radius 3 is 2.53 bits per heavy atom. The maximum Gasteiger partial charge on any atom is 0.471 e. The van der Waals surface area contributed by atoms with Crippen molar-refractivity contribution in [1.82, 2.24) is 4.90 Å². The highest BCUT2D eigenvalue weighted by molar-refractivity contribution is 5.87. The summed E-state index contributed by atoms with van der Waals surface area (Å²) in [5.74, 6) is -3.65. The van der Waals surface area contributed by atoms with Gasteiger partial charge in [-0.3, -0.25) is 4.79 Å². The van der Waals surface area contributed by atoms with Crippen LogP contribution >= 0.6 is 0 Å². The largest absolute Gasteiger partial charge is 0.480 e. The Balaban J connectivity index is 2.29. The molecule has 0 radical (unpaired) electrons. The predicted molar refractivity (Wildman–Crippen MR) is 53.3 cm³/mol. The Kier molecular flexibility index (Phi) is 3.68. The number of aliphatic carboxylic acids is 1. The number of morpholine rings is 1. The molecular formula is C10H12F3NO5. The molecular weight excluding hydrogens is 271 g/mol. The van der Waals surface area contributed by atoms with Gasteiger partial charge in [-0.2, -0.15) is 13.2 Å². The van der Waals surface area contributed by atoms with E-state index >= 15 is 0 Å². The summed E-state index contributed by atoms with van der Waals surface area (Å²) in [6.07, 6.45) is -5.69. The van der Waals surface area contributed by atoms with Gasteiger partial charge in [0.25, 0.3) is 0 Å². The molecule has 2 aliphatic rings. The lowest BCUT2D eigenvalue weighted by molar-refractivity contribution is -0.215. The number of nitrogens with zero attached hydrogens (tertiary/aromatic N) is 1. The van der Waals surface area contributed by atoms with E-state index in [1.165, 1.54) is 0 Å². The van der Waals surface area contributed by atoms with Gasteiger partial charge in [0, 0.05) is 6.61 Å². The third-order valence-corrected chi connectivity index (χ3v) is 3.19. The van der Waals surface area contributed by atoms with Crippen molar-refractivity contribution in [2.45, 2.75) is 30.8 Å². The van der Waals surface area contributed by atoms with Gasteiger partial charge in [0.1, 0.15) is 6.10 Å². The van der Waals surface area contributed by atoms with Crippen LogP contribution in [0.5, 0.6) is 0 Å². The van der Waals surface area contributed by atoms with Crippen molar-refractivity contribution in [3.8, 4) is 0 Å². The molecule has 2 aliphatic heterocycles. The zero-order valence-electron chi connectivity index (χ0n) is 9.72. The molecule has 108 valence electrons. The molecule has 3 atom stereocenters. The summed E-state index contributed by atoms with van der Waals surface area (Å²) >= 11 is 0. The van der Waals surface area contributed by atoms with E-state index in [2.05, 4.69) is 0 Å². The molecule has 0 aromatic rings. The third-order valence-electron chi connectivity index (χ3n) is 3.19. The number of carbonyl (C=O) groups excluding carboxylic acids is 1. The molecule has 0 spiro atoms. The number of carbonyl (C=O) groups is 2. The highest BCUT2D eigenvalue weighted by atomic mass is 19.4. The number of hydrogen-bond acceptors (Lipinski definition) is 4. The summed E-state index contributed by atoms with van der Waals surface area (Å²) < 4.78 is 48.0. The molecule has 2 fully saturated rings. The fourth-order valence-electron chi connectivity index (χ4n) is 2.33. The van der Waals surface area contributed by atoms with Gasteiger partial charge in [-0.15, -0.1) is 0 Å². The van der Waals surface area contributed by atoms with Crippen LogP contribution < -0.4 is 0 Å². The number of rotatable bonds is 1. The van der Waals surface area contributed by atoms with E-state index in [4.69, 9.17) is 14.6 Å². The fourth-order valence-corrected chi connectivity index (χ4v) is 2.33. The predicted octanol–water partition coefficient (Wildman–Crippen LogP) is 0.0182. The molecule has 0 bridgehead atoms. The molecule has 19 heavy (non-hydrogen) atoms. The first-order chi connectivity index (χ1) is 8.82. The van der Waals surface area contributed by atoms with Crippen molar-refractivity contribution in [2.75, 3.05) is 19.8 Å². The number of amides is 1. The van der Waals surface area contributed by atoms with E-state index in [-0.39, 0.29) is 19.6 Å². The fraction of sp³-hybridized carbons (Fsp3) is 0.800. The molecule has 1 amide bonds. The highest BCUT2D eigenvalue weighted by Crippen LogP contribution is 2.30. The van der Waals surface area contributed by atoms with Crippen molar-refractivity contribution >= 4 is 11.9 Å². The number of carboxylic acids is 1. The summed E-state index contributed by atoms with van der Waals surface area (Å²) in [6.45, 7) is -0.251. The SMILES string of the molecule is O=C(O)C1CO[C@@H]2COCC[C@@H]2N1C(=O)C(F)(F)F. The van der Waals surface area contributed by atoms with Crippen LogP contribution in [0.15, 0.2) is 0 Å². The summed E-state index contributed by atoms with van der Waals surface area (Å²) in [4.78, 5) is 22.8. The molecule has 0 aromatic heterocycles. The van der Waals surface area contributed by atoms with E-state index in [0.29, 0.717) is 4.90 Å². The number of fused-ring (bicyclic) bond motifs is 1. The monoisotopic (exact) mass is 283 g/mol. The van der Waals surface area contributed by atoms with E-state index in [0.717, 1.165) is 0 Å². The van der Waals surface area contributed by atoms with Crippen molar-refractivity contribution in [2.24, 2.45) is 0 Å². The Morgan fingerprint density at radius 2 is 1.95 bits per heavy atom. The number of carboxylic acid groups (broad SMARTS) is 1. The quantitative estimate of drug-likeness (QED) is 0.734. The average molecular weight is 283 g/mol. The van der Waals surface area contributed by atoms with Gasteiger partial charge in [0.15, 0.2) is 6.04 Å². The van der Waals surface area contributed by atoms with Gasteiger partial charge in [0.05, 0.1) is 19.3 Å². The maximum absolute atomic E-state index is 12.6. The molecule has 6 nitrogen and oxygen atoms in total. The summed E-state index contributed by atoms with van der Waals surface area (Å²) in [6, 6.07) is -2.54. The normalized spacial score (nSPS) is 31.7. The van der Waals surface area contributed by atoms with Crippen LogP contribution in [0.25, 0.3) is 0 Å². The highest BCUT2D eigenvalue weighted by Gasteiger charge is 2.53. The van der Waals surface area contributed by atoms with Gasteiger partial charge in [-0.25, -0.2) is 4.79 Å². The van der Waals surface area contributed by atoms with E-state index < -0.39 is 42.8 Å². The van der Waals surface area contributed by atoms with Gasteiger partial charge in [-0.05, 0) is 6.42 Å². The van der Waals surface area contributed by atoms with Crippen molar-refractivity contribution in [1.29, 1.82) is 0 Å². The molecule has 0 saturated carbocycles. The van der Waals surface area contributed by atoms with Crippen molar-refractivity contribution < 1.29 is 37.3 Å². The minimum absolute atomic E-state index is 0.0542. The molecule has 1 N–H and O–H groups in total. The molecule has 2 heterocycles. The minimum Gasteiger partial charge on any atom is -0.480 e. The second kappa shape index (κ2) is 4.97. The standard InChI is InChI=1S/C10H12F3NO5/c11-10(12,13)9(17)14-5-1-2-18-4-7(5)19-3-6(14)8(15)16/h5-7H,1-4H2,(H,15,16)/t5-,6?,7+/m0/s1. The Hall–Kier alpha value is -1.35. The summed E-state index contributed by atoms with van der Waals surface area (Å²) in [5.41, 5.74) is 0. The maximum atomic E-state index is 12.6. The van der Waals surface area contributed by atoms with Crippen LogP contribution in [-0.2, 0) is 19.1 Å².